The summed E-state index contributed by atoms with van der Waals surface area (Å²) in [7, 11) is 1.39. The second kappa shape index (κ2) is 8.42. The number of carboxylic acids is 1. The lowest BCUT2D eigenvalue weighted by molar-refractivity contribution is -0.143. The first-order valence-electron chi connectivity index (χ1n) is 7.03. The van der Waals surface area contributed by atoms with Crippen LogP contribution in [0.2, 0.25) is 0 Å². The minimum Gasteiger partial charge on any atom is -0.481 e. The van der Waals surface area contributed by atoms with Crippen LogP contribution in [-0.4, -0.2) is 30.2 Å². The maximum atomic E-state index is 11.7. The molecule has 0 amide bonds. The van der Waals surface area contributed by atoms with Gasteiger partial charge >= 0.3 is 11.9 Å². The third-order valence-corrected chi connectivity index (χ3v) is 3.12. The predicted octanol–water partition coefficient (Wildman–Crippen LogP) is 1.99. The molecular weight excluding hydrogens is 270 g/mol. The van der Waals surface area contributed by atoms with E-state index in [1.54, 1.807) is 12.1 Å². The van der Waals surface area contributed by atoms with Crippen LogP contribution in [0.3, 0.4) is 0 Å². The lowest BCUT2D eigenvalue weighted by atomic mass is 10.0. The lowest BCUT2D eigenvalue weighted by Gasteiger charge is -2.18. The molecule has 0 radical (unpaired) electrons. The van der Waals surface area contributed by atoms with Crippen molar-refractivity contribution in [3.05, 3.63) is 35.4 Å². The number of carbonyl (C=O) groups is 2. The fourth-order valence-corrected chi connectivity index (χ4v) is 2.07. The normalized spacial score (nSPS) is 12.2. The van der Waals surface area contributed by atoms with Gasteiger partial charge in [0.05, 0.1) is 13.5 Å². The Morgan fingerprint density at radius 2 is 1.76 bits per heavy atom. The molecule has 0 spiro atoms. The number of nitrogens with one attached hydrogen (secondary N) is 1. The number of hydrogen-bond acceptors (Lipinski definition) is 4. The van der Waals surface area contributed by atoms with Gasteiger partial charge in [0.2, 0.25) is 0 Å². The zero-order valence-electron chi connectivity index (χ0n) is 12.8. The maximum Gasteiger partial charge on any atom is 0.322 e. The Balaban J connectivity index is 2.58. The highest BCUT2D eigenvalue weighted by Gasteiger charge is 2.19. The van der Waals surface area contributed by atoms with Crippen molar-refractivity contribution in [2.24, 2.45) is 5.92 Å². The number of ether oxygens (including phenoxy) is 1. The van der Waals surface area contributed by atoms with Crippen molar-refractivity contribution in [2.75, 3.05) is 7.11 Å². The lowest BCUT2D eigenvalue weighted by Crippen LogP contribution is -2.38. The molecule has 0 aliphatic rings. The van der Waals surface area contributed by atoms with E-state index in [1.165, 1.54) is 7.11 Å². The van der Waals surface area contributed by atoms with Crippen molar-refractivity contribution in [2.45, 2.75) is 39.3 Å². The molecule has 0 aliphatic heterocycles. The van der Waals surface area contributed by atoms with Crippen molar-refractivity contribution in [1.82, 2.24) is 5.32 Å². The van der Waals surface area contributed by atoms with E-state index in [2.05, 4.69) is 19.2 Å². The van der Waals surface area contributed by atoms with Crippen molar-refractivity contribution in [1.29, 1.82) is 0 Å². The zero-order chi connectivity index (χ0) is 15.8. The number of aliphatic carboxylic acids is 1. The van der Waals surface area contributed by atoms with Gasteiger partial charge in [-0.05, 0) is 23.5 Å². The molecule has 2 N–H and O–H groups in total. The SMILES string of the molecule is COC(=O)C(CC(C)C)NCc1ccc(CC(=O)O)cc1. The van der Waals surface area contributed by atoms with Gasteiger partial charge < -0.3 is 15.2 Å². The summed E-state index contributed by atoms with van der Waals surface area (Å²) in [6.45, 7) is 4.65. The van der Waals surface area contributed by atoms with E-state index in [4.69, 9.17) is 9.84 Å². The van der Waals surface area contributed by atoms with Gasteiger partial charge in [0.1, 0.15) is 6.04 Å². The number of carbonyl (C=O) groups excluding carboxylic acids is 1. The Kier molecular flexibility index (Phi) is 6.88. The molecule has 0 heterocycles. The van der Waals surface area contributed by atoms with E-state index in [1.807, 2.05) is 12.1 Å². The van der Waals surface area contributed by atoms with E-state index >= 15 is 0 Å². The topological polar surface area (TPSA) is 75.6 Å². The zero-order valence-corrected chi connectivity index (χ0v) is 12.8. The van der Waals surface area contributed by atoms with E-state index in [-0.39, 0.29) is 18.4 Å². The summed E-state index contributed by atoms with van der Waals surface area (Å²) < 4.78 is 4.80. The Morgan fingerprint density at radius 1 is 1.19 bits per heavy atom. The largest absolute Gasteiger partial charge is 0.481 e. The molecule has 5 heteroatoms. The summed E-state index contributed by atoms with van der Waals surface area (Å²) >= 11 is 0. The summed E-state index contributed by atoms with van der Waals surface area (Å²) in [5.41, 5.74) is 1.76. The molecule has 1 unspecified atom stereocenters. The molecule has 0 aliphatic carbocycles. The summed E-state index contributed by atoms with van der Waals surface area (Å²) in [5, 5.41) is 11.9. The van der Waals surface area contributed by atoms with Crippen LogP contribution < -0.4 is 5.32 Å². The van der Waals surface area contributed by atoms with Crippen LogP contribution in [0.15, 0.2) is 24.3 Å². The minimum absolute atomic E-state index is 0.0197. The van der Waals surface area contributed by atoms with Crippen LogP contribution in [0.5, 0.6) is 0 Å². The molecule has 5 nitrogen and oxygen atoms in total. The van der Waals surface area contributed by atoms with Gasteiger partial charge in [-0.3, -0.25) is 9.59 Å². The molecule has 1 aromatic rings. The fraction of sp³-hybridized carbons (Fsp3) is 0.500. The highest BCUT2D eigenvalue weighted by atomic mass is 16.5. The third-order valence-electron chi connectivity index (χ3n) is 3.12. The predicted molar refractivity (Wildman–Crippen MR) is 79.9 cm³/mol. The van der Waals surface area contributed by atoms with Crippen LogP contribution >= 0.6 is 0 Å². The molecule has 21 heavy (non-hydrogen) atoms. The minimum atomic E-state index is -0.844. The first kappa shape index (κ1) is 17.2. The standard InChI is InChI=1S/C16H23NO4/c1-11(2)8-14(16(20)21-3)17-10-13-6-4-12(5-7-13)9-15(18)19/h4-7,11,14,17H,8-10H2,1-3H3,(H,18,19). The summed E-state index contributed by atoms with van der Waals surface area (Å²) in [4.78, 5) is 22.3. The van der Waals surface area contributed by atoms with Gasteiger partial charge in [0.15, 0.2) is 0 Å². The van der Waals surface area contributed by atoms with Gasteiger partial charge in [-0.2, -0.15) is 0 Å². The number of methoxy groups -OCH3 is 1. The second-order valence-electron chi connectivity index (χ2n) is 5.47. The molecule has 1 aromatic carbocycles. The molecule has 0 bridgehead atoms. The average Bonchev–Trinajstić information content (AvgIpc) is 2.43. The van der Waals surface area contributed by atoms with Crippen LogP contribution in [0, 0.1) is 5.92 Å². The number of carboxylic acid groups (broad SMARTS) is 1. The molecular formula is C16H23NO4. The first-order chi connectivity index (χ1) is 9.92. The van der Waals surface area contributed by atoms with Gasteiger partial charge in [-0.25, -0.2) is 0 Å². The first-order valence-corrected chi connectivity index (χ1v) is 7.03. The average molecular weight is 293 g/mol. The highest BCUT2D eigenvalue weighted by Crippen LogP contribution is 2.09. The Hall–Kier alpha value is -1.88. The molecule has 0 fully saturated rings. The van der Waals surface area contributed by atoms with Crippen molar-refractivity contribution in [3.8, 4) is 0 Å². The summed E-state index contributed by atoms with van der Waals surface area (Å²) in [6.07, 6.45) is 0.732. The summed E-state index contributed by atoms with van der Waals surface area (Å²) in [6, 6.07) is 7.00. The third kappa shape index (κ3) is 6.40. The van der Waals surface area contributed by atoms with Crippen LogP contribution in [0.4, 0.5) is 0 Å². The van der Waals surface area contributed by atoms with Crippen molar-refractivity contribution >= 4 is 11.9 Å². The van der Waals surface area contributed by atoms with E-state index < -0.39 is 5.97 Å². The number of rotatable bonds is 8. The Bertz CT molecular complexity index is 468. The Labute approximate surface area is 125 Å². The maximum absolute atomic E-state index is 11.7. The number of benzene rings is 1. The second-order valence-corrected chi connectivity index (χ2v) is 5.47. The van der Waals surface area contributed by atoms with Crippen LogP contribution in [0.25, 0.3) is 0 Å². The number of esters is 1. The van der Waals surface area contributed by atoms with Gasteiger partial charge in [0, 0.05) is 6.54 Å². The molecule has 116 valence electrons. The van der Waals surface area contributed by atoms with Gasteiger partial charge in [-0.1, -0.05) is 38.1 Å². The Morgan fingerprint density at radius 3 is 2.24 bits per heavy atom. The number of hydrogen-bond donors (Lipinski definition) is 2. The highest BCUT2D eigenvalue weighted by molar-refractivity contribution is 5.75. The molecule has 0 saturated carbocycles. The molecule has 0 aromatic heterocycles. The molecule has 0 saturated heterocycles. The van der Waals surface area contributed by atoms with Gasteiger partial charge in [-0.15, -0.1) is 0 Å². The van der Waals surface area contributed by atoms with Crippen molar-refractivity contribution in [3.63, 3.8) is 0 Å². The van der Waals surface area contributed by atoms with Crippen molar-refractivity contribution < 1.29 is 19.4 Å². The molecule has 1 rings (SSSR count). The van der Waals surface area contributed by atoms with E-state index in [9.17, 15) is 9.59 Å². The molecule has 1 atom stereocenters. The summed E-state index contributed by atoms with van der Waals surface area (Å²) in [5.74, 6) is -0.714. The monoisotopic (exact) mass is 293 g/mol. The fourth-order valence-electron chi connectivity index (χ4n) is 2.07. The van der Waals surface area contributed by atoms with E-state index in [0.717, 1.165) is 11.1 Å². The van der Waals surface area contributed by atoms with Gasteiger partial charge in [0.25, 0.3) is 0 Å². The van der Waals surface area contributed by atoms with Crippen LogP contribution in [-0.2, 0) is 27.3 Å². The van der Waals surface area contributed by atoms with E-state index in [0.29, 0.717) is 18.9 Å². The van der Waals surface area contributed by atoms with Crippen LogP contribution in [0.1, 0.15) is 31.4 Å². The smallest absolute Gasteiger partial charge is 0.322 e. The quantitative estimate of drug-likeness (QED) is 0.717.